The van der Waals surface area contributed by atoms with Crippen molar-refractivity contribution in [1.82, 2.24) is 4.90 Å². The topological polar surface area (TPSA) is 57.6 Å². The molecular weight excluding hydrogens is 298 g/mol. The Labute approximate surface area is 133 Å². The van der Waals surface area contributed by atoms with Gasteiger partial charge in [0, 0.05) is 24.4 Å². The van der Waals surface area contributed by atoms with Crippen molar-refractivity contribution >= 4 is 23.2 Å². The number of thiophene rings is 1. The summed E-state index contributed by atoms with van der Waals surface area (Å²) in [6, 6.07) is 11.6. The molecule has 0 spiro atoms. The highest BCUT2D eigenvalue weighted by molar-refractivity contribution is 7.08. The highest BCUT2D eigenvalue weighted by Gasteiger charge is 2.34. The molecule has 114 valence electrons. The Morgan fingerprint density at radius 3 is 2.55 bits per heavy atom. The second-order valence-corrected chi connectivity index (χ2v) is 6.38. The third-order valence-electron chi connectivity index (χ3n) is 4.13. The fourth-order valence-electron chi connectivity index (χ4n) is 2.98. The van der Waals surface area contributed by atoms with E-state index in [2.05, 4.69) is 0 Å². The summed E-state index contributed by atoms with van der Waals surface area (Å²) in [4.78, 5) is 25.7. The molecule has 22 heavy (non-hydrogen) atoms. The normalized spacial score (nSPS) is 21.5. The third kappa shape index (κ3) is 3.04. The Morgan fingerprint density at radius 2 is 1.91 bits per heavy atom. The first-order valence-corrected chi connectivity index (χ1v) is 8.18. The third-order valence-corrected chi connectivity index (χ3v) is 4.81. The molecule has 1 aliphatic heterocycles. The smallest absolute Gasteiger partial charge is 0.308 e. The van der Waals surface area contributed by atoms with Gasteiger partial charge in [-0.25, -0.2) is 0 Å². The van der Waals surface area contributed by atoms with Crippen molar-refractivity contribution in [3.63, 3.8) is 0 Å². The minimum atomic E-state index is -0.830. The number of piperidine rings is 1. The van der Waals surface area contributed by atoms with E-state index in [9.17, 15) is 14.7 Å². The van der Waals surface area contributed by atoms with Crippen LogP contribution in [0.3, 0.4) is 0 Å². The first kappa shape index (κ1) is 14.8. The molecular formula is C17H17NO3S. The van der Waals surface area contributed by atoms with Gasteiger partial charge in [0.2, 0.25) is 0 Å². The highest BCUT2D eigenvalue weighted by Crippen LogP contribution is 2.31. The minimum absolute atomic E-state index is 0.0682. The van der Waals surface area contributed by atoms with Crippen molar-refractivity contribution < 1.29 is 14.7 Å². The molecule has 0 radical (unpaired) electrons. The Morgan fingerprint density at radius 1 is 1.14 bits per heavy atom. The summed E-state index contributed by atoms with van der Waals surface area (Å²) in [5, 5.41) is 13.1. The number of hydrogen-bond donors (Lipinski definition) is 1. The number of amides is 1. The zero-order valence-corrected chi connectivity index (χ0v) is 12.8. The molecule has 0 saturated carbocycles. The van der Waals surface area contributed by atoms with Gasteiger partial charge in [0.05, 0.1) is 11.5 Å². The largest absolute Gasteiger partial charge is 0.481 e. The van der Waals surface area contributed by atoms with Crippen LogP contribution in [0.25, 0.3) is 0 Å². The van der Waals surface area contributed by atoms with Crippen molar-refractivity contribution in [2.75, 3.05) is 13.1 Å². The zero-order valence-electron chi connectivity index (χ0n) is 12.0. The average Bonchev–Trinajstić information content (AvgIpc) is 3.09. The first-order chi connectivity index (χ1) is 10.6. The molecule has 1 aromatic carbocycles. The fourth-order valence-corrected chi connectivity index (χ4v) is 3.61. The van der Waals surface area contributed by atoms with Crippen molar-refractivity contribution in [2.45, 2.75) is 12.3 Å². The maximum absolute atomic E-state index is 12.5. The summed E-state index contributed by atoms with van der Waals surface area (Å²) < 4.78 is 0. The molecule has 1 saturated heterocycles. The second-order valence-electron chi connectivity index (χ2n) is 5.60. The number of aliphatic carboxylic acids is 1. The lowest BCUT2D eigenvalue weighted by atomic mass is 9.84. The molecule has 0 unspecified atom stereocenters. The van der Waals surface area contributed by atoms with Crippen LogP contribution in [0.1, 0.15) is 28.3 Å². The molecule has 3 rings (SSSR count). The van der Waals surface area contributed by atoms with Crippen LogP contribution in [0.4, 0.5) is 0 Å². The number of likely N-dealkylation sites (tertiary alicyclic amines) is 1. The number of benzene rings is 1. The van der Waals surface area contributed by atoms with Crippen molar-refractivity contribution in [2.24, 2.45) is 5.92 Å². The predicted molar refractivity (Wildman–Crippen MR) is 85.1 cm³/mol. The molecule has 1 aliphatic rings. The number of carboxylic acid groups (broad SMARTS) is 1. The van der Waals surface area contributed by atoms with Gasteiger partial charge in [0.15, 0.2) is 0 Å². The highest BCUT2D eigenvalue weighted by atomic mass is 32.1. The van der Waals surface area contributed by atoms with E-state index in [1.807, 2.05) is 41.1 Å². The van der Waals surface area contributed by atoms with Gasteiger partial charge < -0.3 is 10.0 Å². The van der Waals surface area contributed by atoms with Gasteiger partial charge in [-0.1, -0.05) is 30.3 Å². The van der Waals surface area contributed by atoms with Gasteiger partial charge in [0.1, 0.15) is 0 Å². The molecule has 1 aromatic heterocycles. The Hall–Kier alpha value is -2.14. The Balaban J connectivity index is 1.84. The maximum Gasteiger partial charge on any atom is 0.308 e. The number of rotatable bonds is 3. The van der Waals surface area contributed by atoms with E-state index in [-0.39, 0.29) is 18.4 Å². The molecule has 2 aromatic rings. The van der Waals surface area contributed by atoms with Crippen LogP contribution in [0.15, 0.2) is 47.2 Å². The lowest BCUT2D eigenvalue weighted by molar-refractivity contribution is -0.143. The minimum Gasteiger partial charge on any atom is -0.481 e. The molecule has 0 aliphatic carbocycles. The standard InChI is InChI=1S/C17H17NO3S/c19-16(13-6-7-22-11-13)18-9-14(8-15(10-18)17(20)21)12-4-2-1-3-5-12/h1-7,11,14-15H,8-10H2,(H,20,21)/t14-,15-/m0/s1. The van der Waals surface area contributed by atoms with Gasteiger partial charge >= 0.3 is 5.97 Å². The number of carboxylic acids is 1. The number of hydrogen-bond acceptors (Lipinski definition) is 3. The molecule has 0 bridgehead atoms. The second kappa shape index (κ2) is 6.32. The molecule has 5 heteroatoms. The lowest BCUT2D eigenvalue weighted by Crippen LogP contribution is -2.45. The predicted octanol–water partition coefficient (Wildman–Crippen LogP) is 3.08. The first-order valence-electron chi connectivity index (χ1n) is 7.24. The van der Waals surface area contributed by atoms with Crippen LogP contribution >= 0.6 is 11.3 Å². The molecule has 1 N–H and O–H groups in total. The van der Waals surface area contributed by atoms with Crippen molar-refractivity contribution in [1.29, 1.82) is 0 Å². The van der Waals surface area contributed by atoms with Crippen LogP contribution in [0.2, 0.25) is 0 Å². The Bertz CT molecular complexity index is 654. The van der Waals surface area contributed by atoms with Crippen LogP contribution in [0.5, 0.6) is 0 Å². The summed E-state index contributed by atoms with van der Waals surface area (Å²) in [5.41, 5.74) is 1.74. The zero-order chi connectivity index (χ0) is 15.5. The van der Waals surface area contributed by atoms with E-state index in [0.717, 1.165) is 5.56 Å². The van der Waals surface area contributed by atoms with E-state index in [1.165, 1.54) is 11.3 Å². The monoisotopic (exact) mass is 315 g/mol. The van der Waals surface area contributed by atoms with Gasteiger partial charge in [-0.2, -0.15) is 11.3 Å². The van der Waals surface area contributed by atoms with Crippen LogP contribution in [-0.4, -0.2) is 35.0 Å². The number of nitrogens with zero attached hydrogens (tertiary/aromatic N) is 1. The maximum atomic E-state index is 12.5. The molecule has 2 atom stereocenters. The van der Waals surface area contributed by atoms with Gasteiger partial charge in [-0.15, -0.1) is 0 Å². The van der Waals surface area contributed by atoms with E-state index in [1.54, 1.807) is 11.0 Å². The van der Waals surface area contributed by atoms with Crippen LogP contribution in [-0.2, 0) is 4.79 Å². The van der Waals surface area contributed by atoms with Crippen molar-refractivity contribution in [3.8, 4) is 0 Å². The molecule has 1 amide bonds. The molecule has 2 heterocycles. The van der Waals surface area contributed by atoms with Crippen LogP contribution < -0.4 is 0 Å². The van der Waals surface area contributed by atoms with E-state index in [4.69, 9.17) is 0 Å². The summed E-state index contributed by atoms with van der Waals surface area (Å²) in [7, 11) is 0. The lowest BCUT2D eigenvalue weighted by Gasteiger charge is -2.36. The van der Waals surface area contributed by atoms with Gasteiger partial charge in [-0.3, -0.25) is 9.59 Å². The number of carbonyl (C=O) groups excluding carboxylic acids is 1. The van der Waals surface area contributed by atoms with Crippen molar-refractivity contribution in [3.05, 3.63) is 58.3 Å². The van der Waals surface area contributed by atoms with Gasteiger partial charge in [-0.05, 0) is 23.4 Å². The quantitative estimate of drug-likeness (QED) is 0.947. The summed E-state index contributed by atoms with van der Waals surface area (Å²) in [6.07, 6.45) is 0.576. The number of carbonyl (C=O) groups is 2. The van der Waals surface area contributed by atoms with Gasteiger partial charge in [0.25, 0.3) is 5.91 Å². The Kier molecular flexibility index (Phi) is 4.24. The van der Waals surface area contributed by atoms with E-state index >= 15 is 0 Å². The average molecular weight is 315 g/mol. The summed E-state index contributed by atoms with van der Waals surface area (Å²) >= 11 is 1.47. The fraction of sp³-hybridized carbons (Fsp3) is 0.294. The van der Waals surface area contributed by atoms with E-state index < -0.39 is 11.9 Å². The summed E-state index contributed by atoms with van der Waals surface area (Å²) in [6.45, 7) is 0.857. The molecule has 1 fully saturated rings. The SMILES string of the molecule is O=C(O)[C@H]1C[C@H](c2ccccc2)CN(C(=O)c2ccsc2)C1. The molecule has 4 nitrogen and oxygen atoms in total. The summed E-state index contributed by atoms with van der Waals surface area (Å²) in [5.74, 6) is -1.35. The van der Waals surface area contributed by atoms with E-state index in [0.29, 0.717) is 18.5 Å². The van der Waals surface area contributed by atoms with Crippen LogP contribution in [0, 0.1) is 5.92 Å².